The molecule has 2 rings (SSSR count). The fraction of sp³-hybridized carbons (Fsp3) is 0.438. The van der Waals surface area contributed by atoms with Crippen LogP contribution in [0.3, 0.4) is 0 Å². The zero-order chi connectivity index (χ0) is 15.2. The number of aromatic nitrogens is 2. The lowest BCUT2D eigenvalue weighted by Crippen LogP contribution is -2.31. The van der Waals surface area contributed by atoms with Gasteiger partial charge in [0.2, 0.25) is 0 Å². The Labute approximate surface area is 125 Å². The molecule has 0 saturated heterocycles. The van der Waals surface area contributed by atoms with E-state index in [1.165, 1.54) is 0 Å². The maximum absolute atomic E-state index is 12.0. The molecule has 1 heterocycles. The highest BCUT2D eigenvalue weighted by atomic mass is 16.5. The van der Waals surface area contributed by atoms with E-state index in [2.05, 4.69) is 12.2 Å². The molecule has 1 atom stereocenters. The van der Waals surface area contributed by atoms with Gasteiger partial charge in [0.15, 0.2) is 0 Å². The molecule has 0 spiro atoms. The molecule has 0 fully saturated rings. The third-order valence-electron chi connectivity index (χ3n) is 3.56. The van der Waals surface area contributed by atoms with E-state index in [0.717, 1.165) is 24.3 Å². The van der Waals surface area contributed by atoms with Gasteiger partial charge in [-0.2, -0.15) is 0 Å². The van der Waals surface area contributed by atoms with E-state index < -0.39 is 0 Å². The standard InChI is InChI=1S/C16H23N3O2/c1-4-9-17-15(12-19-11-10-18(2)16(19)20)13-5-7-14(21-3)8-6-13/h5-8,10-11,15,17H,4,9,12H2,1-3H3. The van der Waals surface area contributed by atoms with Crippen LogP contribution in [-0.2, 0) is 13.6 Å². The van der Waals surface area contributed by atoms with Crippen LogP contribution in [0, 0.1) is 0 Å². The first-order valence-electron chi connectivity index (χ1n) is 7.24. The number of nitrogens with zero attached hydrogens (tertiary/aromatic N) is 2. The molecule has 0 saturated carbocycles. The van der Waals surface area contributed by atoms with Gasteiger partial charge in [-0.25, -0.2) is 4.79 Å². The highest BCUT2D eigenvalue weighted by Crippen LogP contribution is 2.19. The summed E-state index contributed by atoms with van der Waals surface area (Å²) in [5.74, 6) is 0.838. The van der Waals surface area contributed by atoms with Crippen LogP contribution in [0.25, 0.3) is 0 Å². The lowest BCUT2D eigenvalue weighted by molar-refractivity contribution is 0.413. The molecule has 5 nitrogen and oxygen atoms in total. The van der Waals surface area contributed by atoms with E-state index in [1.807, 2.05) is 30.5 Å². The lowest BCUT2D eigenvalue weighted by atomic mass is 10.1. The highest BCUT2D eigenvalue weighted by molar-refractivity contribution is 5.29. The van der Waals surface area contributed by atoms with Crippen molar-refractivity contribution in [2.24, 2.45) is 7.05 Å². The summed E-state index contributed by atoms with van der Waals surface area (Å²) in [5.41, 5.74) is 1.16. The maximum Gasteiger partial charge on any atom is 0.327 e. The molecule has 0 aliphatic carbocycles. The SMILES string of the molecule is CCCNC(Cn1ccn(C)c1=O)c1ccc(OC)cc1. The van der Waals surface area contributed by atoms with E-state index in [1.54, 1.807) is 29.5 Å². The number of nitrogens with one attached hydrogen (secondary N) is 1. The molecule has 1 aromatic carbocycles. The minimum Gasteiger partial charge on any atom is -0.497 e. The largest absolute Gasteiger partial charge is 0.497 e. The van der Waals surface area contributed by atoms with Crippen LogP contribution < -0.4 is 15.7 Å². The summed E-state index contributed by atoms with van der Waals surface area (Å²) in [6.45, 7) is 3.66. The smallest absolute Gasteiger partial charge is 0.327 e. The number of benzene rings is 1. The van der Waals surface area contributed by atoms with Crippen molar-refractivity contribution in [3.8, 4) is 5.75 Å². The normalized spacial score (nSPS) is 12.3. The van der Waals surface area contributed by atoms with Crippen LogP contribution in [0.15, 0.2) is 41.5 Å². The van der Waals surface area contributed by atoms with Gasteiger partial charge in [0.25, 0.3) is 0 Å². The molecule has 1 aromatic heterocycles. The number of hydrogen-bond donors (Lipinski definition) is 1. The Morgan fingerprint density at radius 1 is 1.24 bits per heavy atom. The van der Waals surface area contributed by atoms with Crippen LogP contribution in [0.1, 0.15) is 24.9 Å². The Morgan fingerprint density at radius 3 is 2.48 bits per heavy atom. The molecule has 0 aliphatic heterocycles. The zero-order valence-electron chi connectivity index (χ0n) is 12.9. The first-order chi connectivity index (χ1) is 10.2. The van der Waals surface area contributed by atoms with Gasteiger partial charge < -0.3 is 14.6 Å². The summed E-state index contributed by atoms with van der Waals surface area (Å²) < 4.78 is 8.51. The summed E-state index contributed by atoms with van der Waals surface area (Å²) in [4.78, 5) is 12.0. The number of ether oxygens (including phenoxy) is 1. The van der Waals surface area contributed by atoms with E-state index in [4.69, 9.17) is 4.74 Å². The van der Waals surface area contributed by atoms with Gasteiger partial charge in [-0.15, -0.1) is 0 Å². The second-order valence-electron chi connectivity index (χ2n) is 5.12. The first kappa shape index (κ1) is 15.4. The lowest BCUT2D eigenvalue weighted by Gasteiger charge is -2.19. The molecule has 0 amide bonds. The molecule has 1 unspecified atom stereocenters. The summed E-state index contributed by atoms with van der Waals surface area (Å²) in [7, 11) is 3.42. The molecule has 114 valence electrons. The van der Waals surface area contributed by atoms with Crippen LogP contribution in [0.2, 0.25) is 0 Å². The van der Waals surface area contributed by atoms with Gasteiger partial charge >= 0.3 is 5.69 Å². The zero-order valence-corrected chi connectivity index (χ0v) is 12.9. The Balaban J connectivity index is 2.20. The molecular weight excluding hydrogens is 266 g/mol. The summed E-state index contributed by atoms with van der Waals surface area (Å²) >= 11 is 0. The predicted molar refractivity (Wildman–Crippen MR) is 83.7 cm³/mol. The van der Waals surface area contributed by atoms with Crippen molar-refractivity contribution in [1.82, 2.24) is 14.5 Å². The number of rotatable bonds is 7. The van der Waals surface area contributed by atoms with E-state index in [-0.39, 0.29) is 11.7 Å². The van der Waals surface area contributed by atoms with E-state index in [0.29, 0.717) is 6.54 Å². The monoisotopic (exact) mass is 289 g/mol. The van der Waals surface area contributed by atoms with Crippen LogP contribution in [0.4, 0.5) is 0 Å². The van der Waals surface area contributed by atoms with Crippen molar-refractivity contribution >= 4 is 0 Å². The number of imidazole rings is 1. The quantitative estimate of drug-likeness (QED) is 0.847. The van der Waals surface area contributed by atoms with Gasteiger partial charge in [-0.05, 0) is 30.7 Å². The second kappa shape index (κ2) is 7.13. The average molecular weight is 289 g/mol. The molecule has 2 aromatic rings. The predicted octanol–water partition coefficient (Wildman–Crippen LogP) is 1.94. The Morgan fingerprint density at radius 2 is 1.95 bits per heavy atom. The van der Waals surface area contributed by atoms with Crippen LogP contribution in [-0.4, -0.2) is 22.8 Å². The van der Waals surface area contributed by atoms with Crippen molar-refractivity contribution in [3.63, 3.8) is 0 Å². The molecule has 1 N–H and O–H groups in total. The fourth-order valence-corrected chi connectivity index (χ4v) is 2.29. The van der Waals surface area contributed by atoms with Crippen molar-refractivity contribution in [1.29, 1.82) is 0 Å². The van der Waals surface area contributed by atoms with Gasteiger partial charge in [0, 0.05) is 26.0 Å². The van der Waals surface area contributed by atoms with Crippen molar-refractivity contribution < 1.29 is 4.74 Å². The minimum absolute atomic E-state index is 0.00631. The number of hydrogen-bond acceptors (Lipinski definition) is 3. The van der Waals surface area contributed by atoms with Gasteiger partial charge in [0.05, 0.1) is 13.2 Å². The molecule has 0 aliphatic rings. The van der Waals surface area contributed by atoms with E-state index in [9.17, 15) is 4.79 Å². The van der Waals surface area contributed by atoms with Crippen molar-refractivity contribution in [2.45, 2.75) is 25.9 Å². The van der Waals surface area contributed by atoms with Gasteiger partial charge in [0.1, 0.15) is 5.75 Å². The fourth-order valence-electron chi connectivity index (χ4n) is 2.29. The second-order valence-corrected chi connectivity index (χ2v) is 5.12. The van der Waals surface area contributed by atoms with Crippen molar-refractivity contribution in [2.75, 3.05) is 13.7 Å². The number of aryl methyl sites for hydroxylation is 1. The van der Waals surface area contributed by atoms with Crippen LogP contribution in [0.5, 0.6) is 5.75 Å². The third-order valence-corrected chi connectivity index (χ3v) is 3.56. The Hall–Kier alpha value is -2.01. The molecular formula is C16H23N3O2. The Kier molecular flexibility index (Phi) is 5.22. The average Bonchev–Trinajstić information content (AvgIpc) is 2.83. The third kappa shape index (κ3) is 3.76. The molecule has 0 radical (unpaired) electrons. The van der Waals surface area contributed by atoms with Crippen molar-refractivity contribution in [3.05, 3.63) is 52.7 Å². The molecule has 5 heteroatoms. The summed E-state index contributed by atoms with van der Waals surface area (Å²) in [5, 5.41) is 3.50. The summed E-state index contributed by atoms with van der Waals surface area (Å²) in [6.07, 6.45) is 4.66. The number of methoxy groups -OCH3 is 1. The molecule has 21 heavy (non-hydrogen) atoms. The minimum atomic E-state index is 0.00631. The first-order valence-corrected chi connectivity index (χ1v) is 7.24. The highest BCUT2D eigenvalue weighted by Gasteiger charge is 2.13. The Bertz CT molecular complexity index is 613. The topological polar surface area (TPSA) is 48.2 Å². The van der Waals surface area contributed by atoms with E-state index >= 15 is 0 Å². The van der Waals surface area contributed by atoms with Gasteiger partial charge in [-0.3, -0.25) is 4.57 Å². The maximum atomic E-state index is 12.0. The molecule has 0 bridgehead atoms. The summed E-state index contributed by atoms with van der Waals surface area (Å²) in [6, 6.07) is 8.09. The van der Waals surface area contributed by atoms with Gasteiger partial charge in [-0.1, -0.05) is 19.1 Å². The van der Waals surface area contributed by atoms with Crippen LogP contribution >= 0.6 is 0 Å².